The molecule has 146 valence electrons. The minimum absolute atomic E-state index is 0.0504. The number of rotatable bonds is 8. The van der Waals surface area contributed by atoms with Crippen LogP contribution in [-0.2, 0) is 16.1 Å². The minimum Gasteiger partial charge on any atom is -0.494 e. The number of fused-ring (bicyclic) bond motifs is 1. The number of ketones is 1. The van der Waals surface area contributed by atoms with Crippen molar-refractivity contribution in [2.75, 3.05) is 13.7 Å². The number of esters is 1. The predicted molar refractivity (Wildman–Crippen MR) is 104 cm³/mol. The highest BCUT2D eigenvalue weighted by Crippen LogP contribution is 2.27. The van der Waals surface area contributed by atoms with Gasteiger partial charge in [-0.2, -0.15) is 0 Å². The molecule has 0 fully saturated rings. The molecule has 2 aromatic carbocycles. The normalized spacial score (nSPS) is 12.0. The molecule has 6 nitrogen and oxygen atoms in total. The highest BCUT2D eigenvalue weighted by molar-refractivity contribution is 6.02. The van der Waals surface area contributed by atoms with Crippen molar-refractivity contribution in [1.82, 2.24) is 0 Å². The van der Waals surface area contributed by atoms with Gasteiger partial charge in [-0.15, -0.1) is 0 Å². The van der Waals surface area contributed by atoms with Crippen LogP contribution in [0.2, 0.25) is 0 Å². The summed E-state index contributed by atoms with van der Waals surface area (Å²) >= 11 is 0. The van der Waals surface area contributed by atoms with E-state index in [-0.39, 0.29) is 18.2 Å². The molecule has 0 aliphatic heterocycles. The lowest BCUT2D eigenvalue weighted by Gasteiger charge is -2.12. The molecule has 0 N–H and O–H groups in total. The lowest BCUT2D eigenvalue weighted by Crippen LogP contribution is -2.24. The number of carbonyl (C=O) groups is 2. The molecule has 1 atom stereocenters. The third-order valence-electron chi connectivity index (χ3n) is 4.28. The van der Waals surface area contributed by atoms with Crippen molar-refractivity contribution in [3.05, 3.63) is 65.4 Å². The average molecular weight is 382 g/mol. The Hall–Kier alpha value is -3.12. The first kappa shape index (κ1) is 19.6. The molecule has 0 saturated heterocycles. The summed E-state index contributed by atoms with van der Waals surface area (Å²) in [7, 11) is 1.54. The maximum Gasteiger partial charge on any atom is 0.375 e. The molecule has 0 aliphatic rings. The Morgan fingerprint density at radius 2 is 1.79 bits per heavy atom. The standard InChI is InChI=1S/C22H22O6/c1-4-26-16-11-9-15(10-12-16)20(23)14(2)27-22(24)21-18(13-25-3)17-7-5-6-8-19(17)28-21/h5-12,14H,4,13H2,1-3H3/t14-/m0/s1. The maximum absolute atomic E-state index is 12.7. The molecule has 3 aromatic rings. The highest BCUT2D eigenvalue weighted by Gasteiger charge is 2.26. The zero-order valence-corrected chi connectivity index (χ0v) is 16.1. The van der Waals surface area contributed by atoms with Gasteiger partial charge in [-0.3, -0.25) is 4.79 Å². The zero-order valence-electron chi connectivity index (χ0n) is 16.1. The van der Waals surface area contributed by atoms with E-state index in [0.29, 0.717) is 29.1 Å². The molecule has 6 heteroatoms. The van der Waals surface area contributed by atoms with Crippen LogP contribution in [0.3, 0.4) is 0 Å². The Balaban J connectivity index is 1.77. The van der Waals surface area contributed by atoms with Gasteiger partial charge in [0.25, 0.3) is 0 Å². The van der Waals surface area contributed by atoms with Gasteiger partial charge in [-0.1, -0.05) is 18.2 Å². The largest absolute Gasteiger partial charge is 0.494 e. The number of carbonyl (C=O) groups excluding carboxylic acids is 2. The molecule has 0 radical (unpaired) electrons. The van der Waals surface area contributed by atoms with E-state index in [0.717, 1.165) is 5.39 Å². The Morgan fingerprint density at radius 1 is 1.07 bits per heavy atom. The van der Waals surface area contributed by atoms with Gasteiger partial charge in [-0.05, 0) is 44.2 Å². The van der Waals surface area contributed by atoms with Gasteiger partial charge in [-0.25, -0.2) is 4.79 Å². The van der Waals surface area contributed by atoms with Gasteiger partial charge in [0.1, 0.15) is 11.3 Å². The third kappa shape index (κ3) is 4.07. The molecular weight excluding hydrogens is 360 g/mol. The van der Waals surface area contributed by atoms with E-state index < -0.39 is 12.1 Å². The van der Waals surface area contributed by atoms with Crippen LogP contribution in [0.4, 0.5) is 0 Å². The lowest BCUT2D eigenvalue weighted by molar-refractivity contribution is 0.0286. The first-order valence-electron chi connectivity index (χ1n) is 9.02. The SMILES string of the molecule is CCOc1ccc(C(=O)[C@H](C)OC(=O)c2oc3ccccc3c2COC)cc1. The fourth-order valence-electron chi connectivity index (χ4n) is 2.94. The van der Waals surface area contributed by atoms with E-state index in [4.69, 9.17) is 18.6 Å². The molecule has 28 heavy (non-hydrogen) atoms. The second-order valence-electron chi connectivity index (χ2n) is 6.21. The number of benzene rings is 2. The van der Waals surface area contributed by atoms with Gasteiger partial charge in [0.15, 0.2) is 6.10 Å². The molecule has 0 bridgehead atoms. The fraction of sp³-hybridized carbons (Fsp3) is 0.273. The Kier molecular flexibility index (Phi) is 6.11. The fourth-order valence-corrected chi connectivity index (χ4v) is 2.94. The second kappa shape index (κ2) is 8.71. The van der Waals surface area contributed by atoms with E-state index in [9.17, 15) is 9.59 Å². The number of methoxy groups -OCH3 is 1. The number of hydrogen-bond donors (Lipinski definition) is 0. The predicted octanol–water partition coefficient (Wildman–Crippen LogP) is 4.41. The summed E-state index contributed by atoms with van der Waals surface area (Å²) < 4.78 is 21.6. The quantitative estimate of drug-likeness (QED) is 0.424. The summed E-state index contributed by atoms with van der Waals surface area (Å²) in [6, 6.07) is 14.0. The molecule has 1 aromatic heterocycles. The van der Waals surface area contributed by atoms with Crippen LogP contribution in [0.5, 0.6) is 5.75 Å². The molecule has 0 saturated carbocycles. The van der Waals surface area contributed by atoms with Crippen LogP contribution in [0.15, 0.2) is 52.9 Å². The van der Waals surface area contributed by atoms with Crippen molar-refractivity contribution in [2.24, 2.45) is 0 Å². The van der Waals surface area contributed by atoms with Crippen molar-refractivity contribution >= 4 is 22.7 Å². The molecule has 0 unspecified atom stereocenters. The van der Waals surface area contributed by atoms with E-state index in [1.54, 1.807) is 30.3 Å². The lowest BCUT2D eigenvalue weighted by atomic mass is 10.1. The van der Waals surface area contributed by atoms with Crippen molar-refractivity contribution in [1.29, 1.82) is 0 Å². The van der Waals surface area contributed by atoms with Gasteiger partial charge >= 0.3 is 5.97 Å². The van der Waals surface area contributed by atoms with Crippen LogP contribution >= 0.6 is 0 Å². The number of Topliss-reactive ketones (excluding diaryl/α,β-unsaturated/α-hetero) is 1. The van der Waals surface area contributed by atoms with Crippen LogP contribution in [-0.4, -0.2) is 31.6 Å². The Morgan fingerprint density at radius 3 is 2.46 bits per heavy atom. The summed E-state index contributed by atoms with van der Waals surface area (Å²) in [6.07, 6.45) is -0.964. The van der Waals surface area contributed by atoms with Crippen LogP contribution in [0, 0.1) is 0 Å². The number of para-hydroxylation sites is 1. The summed E-state index contributed by atoms with van der Waals surface area (Å²) in [5, 5.41) is 0.779. The highest BCUT2D eigenvalue weighted by atomic mass is 16.6. The van der Waals surface area contributed by atoms with Crippen molar-refractivity contribution < 1.29 is 28.2 Å². The van der Waals surface area contributed by atoms with Crippen LogP contribution in [0.25, 0.3) is 11.0 Å². The first-order chi connectivity index (χ1) is 13.5. The first-order valence-corrected chi connectivity index (χ1v) is 9.02. The molecule has 0 amide bonds. The number of furan rings is 1. The topological polar surface area (TPSA) is 75.0 Å². The number of ether oxygens (including phenoxy) is 3. The molecule has 3 rings (SSSR count). The van der Waals surface area contributed by atoms with Crippen LogP contribution in [0.1, 0.15) is 40.3 Å². The average Bonchev–Trinajstić information content (AvgIpc) is 3.07. The van der Waals surface area contributed by atoms with E-state index in [2.05, 4.69) is 0 Å². The summed E-state index contributed by atoms with van der Waals surface area (Å²) in [4.78, 5) is 25.2. The number of hydrogen-bond acceptors (Lipinski definition) is 6. The molecular formula is C22H22O6. The smallest absolute Gasteiger partial charge is 0.375 e. The van der Waals surface area contributed by atoms with E-state index in [1.165, 1.54) is 14.0 Å². The molecule has 0 spiro atoms. The van der Waals surface area contributed by atoms with Crippen molar-refractivity contribution in [3.8, 4) is 5.75 Å². The van der Waals surface area contributed by atoms with E-state index in [1.807, 2.05) is 25.1 Å². The summed E-state index contributed by atoms with van der Waals surface area (Å²) in [5.41, 5.74) is 1.60. The minimum atomic E-state index is -0.964. The van der Waals surface area contributed by atoms with Gasteiger partial charge < -0.3 is 18.6 Å². The molecule has 0 aliphatic carbocycles. The van der Waals surface area contributed by atoms with Crippen molar-refractivity contribution in [3.63, 3.8) is 0 Å². The third-order valence-corrected chi connectivity index (χ3v) is 4.28. The maximum atomic E-state index is 12.7. The Bertz CT molecular complexity index is 970. The summed E-state index contributed by atoms with van der Waals surface area (Å²) in [5.74, 6) is -0.277. The summed E-state index contributed by atoms with van der Waals surface area (Å²) in [6.45, 7) is 4.16. The van der Waals surface area contributed by atoms with Crippen molar-refractivity contribution in [2.45, 2.75) is 26.6 Å². The van der Waals surface area contributed by atoms with Gasteiger partial charge in [0.2, 0.25) is 11.5 Å². The van der Waals surface area contributed by atoms with Crippen LogP contribution < -0.4 is 4.74 Å². The van der Waals surface area contributed by atoms with Gasteiger partial charge in [0.05, 0.1) is 13.2 Å². The molecule has 1 heterocycles. The Labute approximate surface area is 163 Å². The monoisotopic (exact) mass is 382 g/mol. The second-order valence-corrected chi connectivity index (χ2v) is 6.21. The van der Waals surface area contributed by atoms with Gasteiger partial charge in [0, 0.05) is 23.6 Å². The zero-order chi connectivity index (χ0) is 20.1. The van der Waals surface area contributed by atoms with E-state index >= 15 is 0 Å².